The number of pyridine rings is 2. The minimum Gasteiger partial charge on any atom is -0.305 e. The first-order valence-electron chi connectivity index (χ1n) is 8.87. The molecular weight excluding hydrogens is 306 g/mol. The molecule has 3 nitrogen and oxygen atoms in total. The second-order valence-corrected chi connectivity index (χ2v) is 8.40. The number of nitrogens with zero attached hydrogens (tertiary/aromatic N) is 3. The summed E-state index contributed by atoms with van der Waals surface area (Å²) >= 11 is 0. The smallest absolute Gasteiger partial charge is 0.115 e. The molecule has 5 heterocycles. The van der Waals surface area contributed by atoms with Crippen molar-refractivity contribution in [3.63, 3.8) is 0 Å². The SMILES string of the molecule is CC1(C)c2cccc3c2-n2c4c1ccnc4c1nccc(c12)C3(C)C. The summed E-state index contributed by atoms with van der Waals surface area (Å²) in [4.78, 5) is 9.48. The number of hydrogen-bond acceptors (Lipinski definition) is 2. The summed E-state index contributed by atoms with van der Waals surface area (Å²) in [5.74, 6) is 0. The van der Waals surface area contributed by atoms with Crippen LogP contribution in [0.5, 0.6) is 0 Å². The van der Waals surface area contributed by atoms with Crippen molar-refractivity contribution in [3.8, 4) is 5.69 Å². The van der Waals surface area contributed by atoms with Gasteiger partial charge >= 0.3 is 0 Å². The van der Waals surface area contributed by atoms with Crippen LogP contribution in [0.1, 0.15) is 49.9 Å². The molecule has 0 amide bonds. The fourth-order valence-electron chi connectivity index (χ4n) is 5.13. The first-order valence-corrected chi connectivity index (χ1v) is 8.87. The predicted octanol–water partition coefficient (Wildman–Crippen LogP) is 4.85. The maximum Gasteiger partial charge on any atom is 0.115 e. The number of benzene rings is 1. The Bertz CT molecular complexity index is 1150. The van der Waals surface area contributed by atoms with E-state index in [1.165, 1.54) is 39.0 Å². The van der Waals surface area contributed by atoms with Crippen molar-refractivity contribution in [1.29, 1.82) is 0 Å². The standard InChI is InChI=1S/C22H19N3/c1-21(2)12-6-5-7-13-18(12)25-19-14(21)8-10-23-16(19)17-20(25)15(9-11-24-17)22(13,3)4/h5-11H,1-4H3. The van der Waals surface area contributed by atoms with Gasteiger partial charge in [-0.3, -0.25) is 9.97 Å². The van der Waals surface area contributed by atoms with Crippen LogP contribution in [0.2, 0.25) is 0 Å². The lowest BCUT2D eigenvalue weighted by Crippen LogP contribution is -2.33. The van der Waals surface area contributed by atoms with Gasteiger partial charge in [0.2, 0.25) is 0 Å². The Morgan fingerprint density at radius 2 is 1.16 bits per heavy atom. The summed E-state index contributed by atoms with van der Waals surface area (Å²) in [6, 6.07) is 11.2. The Hall–Kier alpha value is -2.68. The highest BCUT2D eigenvalue weighted by Crippen LogP contribution is 2.53. The monoisotopic (exact) mass is 325 g/mol. The molecule has 0 bridgehead atoms. The molecule has 4 aromatic rings. The number of rotatable bonds is 0. The van der Waals surface area contributed by atoms with Crippen molar-refractivity contribution < 1.29 is 0 Å². The summed E-state index contributed by atoms with van der Waals surface area (Å²) < 4.78 is 2.44. The molecule has 3 heteroatoms. The van der Waals surface area contributed by atoms with Gasteiger partial charge in [0.1, 0.15) is 11.0 Å². The molecule has 2 aliphatic rings. The van der Waals surface area contributed by atoms with Gasteiger partial charge in [-0.2, -0.15) is 0 Å². The molecule has 0 N–H and O–H groups in total. The van der Waals surface area contributed by atoms with E-state index in [1.807, 2.05) is 12.4 Å². The van der Waals surface area contributed by atoms with Crippen molar-refractivity contribution in [1.82, 2.24) is 14.5 Å². The van der Waals surface area contributed by atoms with Gasteiger partial charge in [0.05, 0.1) is 16.7 Å². The van der Waals surface area contributed by atoms with Crippen LogP contribution in [-0.2, 0) is 10.8 Å². The Labute approximate surface area is 146 Å². The van der Waals surface area contributed by atoms with E-state index in [4.69, 9.17) is 9.97 Å². The third-order valence-corrected chi connectivity index (χ3v) is 6.47. The molecule has 1 aromatic carbocycles. The van der Waals surface area contributed by atoms with Crippen LogP contribution in [0.15, 0.2) is 42.7 Å². The second-order valence-electron chi connectivity index (χ2n) is 8.40. The fraction of sp³-hybridized carbons (Fsp3) is 0.273. The van der Waals surface area contributed by atoms with Gasteiger partial charge in [0.25, 0.3) is 0 Å². The maximum atomic E-state index is 4.74. The summed E-state index contributed by atoms with van der Waals surface area (Å²) in [6.07, 6.45) is 3.88. The first kappa shape index (κ1) is 13.6. The van der Waals surface area contributed by atoms with E-state index in [9.17, 15) is 0 Å². The minimum atomic E-state index is -0.0511. The van der Waals surface area contributed by atoms with Gasteiger partial charge in [-0.05, 0) is 34.4 Å². The third-order valence-electron chi connectivity index (χ3n) is 6.47. The van der Waals surface area contributed by atoms with E-state index in [0.717, 1.165) is 11.0 Å². The first-order chi connectivity index (χ1) is 11.9. The van der Waals surface area contributed by atoms with Crippen molar-refractivity contribution in [2.24, 2.45) is 0 Å². The van der Waals surface area contributed by atoms with Crippen LogP contribution < -0.4 is 0 Å². The summed E-state index contributed by atoms with van der Waals surface area (Å²) in [5, 5.41) is 0. The summed E-state index contributed by atoms with van der Waals surface area (Å²) in [5.41, 5.74) is 11.2. The molecule has 122 valence electrons. The average Bonchev–Trinajstić information content (AvgIpc) is 2.94. The minimum absolute atomic E-state index is 0.0511. The molecule has 0 fully saturated rings. The highest BCUT2D eigenvalue weighted by molar-refractivity contribution is 6.09. The van der Waals surface area contributed by atoms with Gasteiger partial charge in [-0.15, -0.1) is 0 Å². The molecule has 0 saturated carbocycles. The van der Waals surface area contributed by atoms with Crippen LogP contribution in [0, 0.1) is 0 Å². The highest BCUT2D eigenvalue weighted by Gasteiger charge is 2.43. The second kappa shape index (κ2) is 3.77. The van der Waals surface area contributed by atoms with Crippen LogP contribution in [-0.4, -0.2) is 14.5 Å². The van der Waals surface area contributed by atoms with Crippen molar-refractivity contribution in [2.75, 3.05) is 0 Å². The highest BCUT2D eigenvalue weighted by atomic mass is 15.1. The average molecular weight is 325 g/mol. The van der Waals surface area contributed by atoms with Crippen molar-refractivity contribution in [2.45, 2.75) is 38.5 Å². The van der Waals surface area contributed by atoms with Gasteiger partial charge in [-0.25, -0.2) is 0 Å². The third kappa shape index (κ3) is 1.26. The topological polar surface area (TPSA) is 30.7 Å². The zero-order valence-electron chi connectivity index (χ0n) is 14.9. The van der Waals surface area contributed by atoms with Gasteiger partial charge in [-0.1, -0.05) is 45.9 Å². The van der Waals surface area contributed by atoms with Crippen molar-refractivity contribution in [3.05, 3.63) is 65.0 Å². The molecule has 0 radical (unpaired) electrons. The maximum absolute atomic E-state index is 4.74. The number of aromatic nitrogens is 3. The van der Waals surface area contributed by atoms with E-state index in [2.05, 4.69) is 62.6 Å². The molecule has 0 atom stereocenters. The zero-order valence-corrected chi connectivity index (χ0v) is 14.9. The Morgan fingerprint density at radius 1 is 0.680 bits per heavy atom. The van der Waals surface area contributed by atoms with Crippen LogP contribution >= 0.6 is 0 Å². The molecule has 0 spiro atoms. The van der Waals surface area contributed by atoms with Gasteiger partial charge < -0.3 is 4.57 Å². The van der Waals surface area contributed by atoms with Gasteiger partial charge in [0.15, 0.2) is 0 Å². The van der Waals surface area contributed by atoms with Crippen LogP contribution in [0.25, 0.3) is 27.8 Å². The van der Waals surface area contributed by atoms with Crippen LogP contribution in [0.3, 0.4) is 0 Å². The molecule has 6 rings (SSSR count). The number of hydrogen-bond donors (Lipinski definition) is 0. The number of fused-ring (bicyclic) bond motifs is 1. The number of para-hydroxylation sites is 1. The van der Waals surface area contributed by atoms with E-state index in [0.29, 0.717) is 0 Å². The van der Waals surface area contributed by atoms with Crippen LogP contribution in [0.4, 0.5) is 0 Å². The Balaban J connectivity index is 2.06. The van der Waals surface area contributed by atoms with E-state index in [-0.39, 0.29) is 10.8 Å². The summed E-state index contributed by atoms with van der Waals surface area (Å²) in [7, 11) is 0. The quantitative estimate of drug-likeness (QED) is 0.462. The molecule has 0 saturated heterocycles. The molecule has 0 unspecified atom stereocenters. The Kier molecular flexibility index (Phi) is 2.05. The lowest BCUT2D eigenvalue weighted by Gasteiger charge is -2.41. The molecule has 3 aromatic heterocycles. The fourth-order valence-corrected chi connectivity index (χ4v) is 5.13. The molecule has 25 heavy (non-hydrogen) atoms. The summed E-state index contributed by atoms with van der Waals surface area (Å²) in [6.45, 7) is 9.31. The lowest BCUT2D eigenvalue weighted by molar-refractivity contribution is 0.593. The van der Waals surface area contributed by atoms with Gasteiger partial charge in [0, 0.05) is 23.2 Å². The predicted molar refractivity (Wildman–Crippen MR) is 101 cm³/mol. The van der Waals surface area contributed by atoms with E-state index >= 15 is 0 Å². The van der Waals surface area contributed by atoms with Crippen molar-refractivity contribution >= 4 is 22.1 Å². The van der Waals surface area contributed by atoms with E-state index < -0.39 is 0 Å². The largest absolute Gasteiger partial charge is 0.305 e. The Morgan fingerprint density at radius 3 is 1.64 bits per heavy atom. The lowest BCUT2D eigenvalue weighted by atomic mass is 9.69. The zero-order chi connectivity index (χ0) is 17.1. The molecule has 2 aliphatic heterocycles. The normalized spacial score (nSPS) is 18.2. The molecule has 0 aliphatic carbocycles. The molecular formula is C22H19N3. The van der Waals surface area contributed by atoms with E-state index in [1.54, 1.807) is 0 Å².